The fourth-order valence-electron chi connectivity index (χ4n) is 2.32. The number of fused-ring (bicyclic) bond motifs is 1. The van der Waals surface area contributed by atoms with Crippen molar-refractivity contribution in [3.8, 4) is 5.75 Å². The Morgan fingerprint density at radius 1 is 1.32 bits per heavy atom. The van der Waals surface area contributed by atoms with Gasteiger partial charge in [0.1, 0.15) is 18.5 Å². The second-order valence-electron chi connectivity index (χ2n) is 5.15. The summed E-state index contributed by atoms with van der Waals surface area (Å²) in [6.45, 7) is 3.19. The third kappa shape index (κ3) is 3.26. The predicted molar refractivity (Wildman–Crippen MR) is 82.6 cm³/mol. The molecule has 0 unspecified atom stereocenters. The second kappa shape index (κ2) is 6.59. The van der Waals surface area contributed by atoms with E-state index in [9.17, 15) is 5.11 Å². The first-order valence-electron chi connectivity index (χ1n) is 7.18. The number of hydrogen-bond acceptors (Lipinski definition) is 5. The largest absolute Gasteiger partial charge is 0.490 e. The zero-order valence-corrected chi connectivity index (χ0v) is 12.3. The summed E-state index contributed by atoms with van der Waals surface area (Å²) in [5.74, 6) is 0.732. The van der Waals surface area contributed by atoms with E-state index in [0.717, 1.165) is 28.0 Å². The van der Waals surface area contributed by atoms with E-state index in [0.29, 0.717) is 13.1 Å². The highest BCUT2D eigenvalue weighted by Crippen LogP contribution is 2.26. The molecule has 1 atom stereocenters. The lowest BCUT2D eigenvalue weighted by Gasteiger charge is -2.13. The molecule has 22 heavy (non-hydrogen) atoms. The summed E-state index contributed by atoms with van der Waals surface area (Å²) in [6.07, 6.45) is 1.17. The minimum atomic E-state index is -0.596. The van der Waals surface area contributed by atoms with Gasteiger partial charge in [-0.3, -0.25) is 10.2 Å². The van der Waals surface area contributed by atoms with E-state index in [4.69, 9.17) is 4.74 Å². The monoisotopic (exact) mass is 301 g/mol. The van der Waals surface area contributed by atoms with Gasteiger partial charge in [-0.1, -0.05) is 6.07 Å². The first-order chi connectivity index (χ1) is 10.7. The quantitative estimate of drug-likeness (QED) is 0.524. The third-order valence-electron chi connectivity index (χ3n) is 3.41. The van der Waals surface area contributed by atoms with Crippen LogP contribution in [-0.4, -0.2) is 44.8 Å². The van der Waals surface area contributed by atoms with Crippen LogP contribution in [0.25, 0.3) is 10.9 Å². The third-order valence-corrected chi connectivity index (χ3v) is 3.41. The average molecular weight is 301 g/mol. The highest BCUT2D eigenvalue weighted by Gasteiger charge is 2.10. The van der Waals surface area contributed by atoms with Crippen LogP contribution < -0.4 is 10.1 Å². The van der Waals surface area contributed by atoms with Crippen LogP contribution in [0.15, 0.2) is 30.5 Å². The standard InChI is InChI=1S/C15H19N5O2/c1-10-15-13(20-18-10)3-2-4-14(15)22-9-12(21)8-16-7-11-5-6-17-19-11/h2-6,12,16,21H,7-9H2,1H3,(H,17,19)(H,18,20)/t12-/m0/s1. The van der Waals surface area contributed by atoms with Crippen LogP contribution in [0.2, 0.25) is 0 Å². The normalized spacial score (nSPS) is 12.6. The molecule has 3 aromatic rings. The zero-order valence-electron chi connectivity index (χ0n) is 12.3. The SMILES string of the molecule is Cc1n[nH]c2cccc(OC[C@@H](O)CNCc3cc[nH]n3)c12. The minimum Gasteiger partial charge on any atom is -0.490 e. The molecule has 0 bridgehead atoms. The molecule has 0 aliphatic rings. The van der Waals surface area contributed by atoms with Crippen molar-refractivity contribution in [3.05, 3.63) is 41.9 Å². The lowest BCUT2D eigenvalue weighted by molar-refractivity contribution is 0.107. The number of H-pyrrole nitrogens is 2. The molecule has 4 N–H and O–H groups in total. The molecule has 2 heterocycles. The molecule has 7 heteroatoms. The van der Waals surface area contributed by atoms with Crippen molar-refractivity contribution in [2.24, 2.45) is 0 Å². The summed E-state index contributed by atoms with van der Waals surface area (Å²) in [4.78, 5) is 0. The number of benzene rings is 1. The van der Waals surface area contributed by atoms with E-state index >= 15 is 0 Å². The van der Waals surface area contributed by atoms with Gasteiger partial charge in [0.05, 0.1) is 22.3 Å². The van der Waals surface area contributed by atoms with Crippen molar-refractivity contribution in [2.45, 2.75) is 19.6 Å². The van der Waals surface area contributed by atoms with Gasteiger partial charge in [-0.05, 0) is 25.1 Å². The van der Waals surface area contributed by atoms with Gasteiger partial charge in [-0.2, -0.15) is 10.2 Å². The first-order valence-corrected chi connectivity index (χ1v) is 7.18. The molecule has 3 rings (SSSR count). The van der Waals surface area contributed by atoms with Crippen molar-refractivity contribution < 1.29 is 9.84 Å². The molecule has 0 spiro atoms. The molecule has 2 aromatic heterocycles. The van der Waals surface area contributed by atoms with E-state index in [1.807, 2.05) is 31.2 Å². The molecule has 0 radical (unpaired) electrons. The molecule has 1 aromatic carbocycles. The maximum atomic E-state index is 9.99. The molecular formula is C15H19N5O2. The second-order valence-corrected chi connectivity index (χ2v) is 5.15. The van der Waals surface area contributed by atoms with Crippen LogP contribution in [0.1, 0.15) is 11.4 Å². The maximum Gasteiger partial charge on any atom is 0.130 e. The summed E-state index contributed by atoms with van der Waals surface area (Å²) >= 11 is 0. The molecule has 0 saturated heterocycles. The van der Waals surface area contributed by atoms with Crippen molar-refractivity contribution in [1.82, 2.24) is 25.7 Å². The van der Waals surface area contributed by atoms with Gasteiger partial charge in [0.25, 0.3) is 0 Å². The highest BCUT2D eigenvalue weighted by molar-refractivity contribution is 5.87. The number of nitrogens with zero attached hydrogens (tertiary/aromatic N) is 2. The topological polar surface area (TPSA) is 98.9 Å². The van der Waals surface area contributed by atoms with Crippen LogP contribution in [0.4, 0.5) is 0 Å². The van der Waals surface area contributed by atoms with Crippen molar-refractivity contribution in [2.75, 3.05) is 13.2 Å². The zero-order chi connectivity index (χ0) is 15.4. The summed E-state index contributed by atoms with van der Waals surface area (Å²) < 4.78 is 5.74. The average Bonchev–Trinajstić information content (AvgIpc) is 3.16. The van der Waals surface area contributed by atoms with Gasteiger partial charge in [0, 0.05) is 19.3 Å². The smallest absolute Gasteiger partial charge is 0.130 e. The minimum absolute atomic E-state index is 0.220. The number of aryl methyl sites for hydroxylation is 1. The number of aromatic amines is 2. The summed E-state index contributed by atoms with van der Waals surface area (Å²) in [5.41, 5.74) is 2.73. The Labute approximate surface area is 127 Å². The Hall–Kier alpha value is -2.38. The Balaban J connectivity index is 1.51. The predicted octanol–water partition coefficient (Wildman–Crippen LogP) is 1.12. The van der Waals surface area contributed by atoms with E-state index in [-0.39, 0.29) is 6.61 Å². The summed E-state index contributed by atoms with van der Waals surface area (Å²) in [5, 5.41) is 28.0. The van der Waals surface area contributed by atoms with E-state index in [1.165, 1.54) is 0 Å². The van der Waals surface area contributed by atoms with Crippen LogP contribution >= 0.6 is 0 Å². The Kier molecular flexibility index (Phi) is 4.36. The van der Waals surface area contributed by atoms with Gasteiger partial charge in [0.2, 0.25) is 0 Å². The number of rotatable bonds is 7. The van der Waals surface area contributed by atoms with Gasteiger partial charge in [-0.25, -0.2) is 0 Å². The Bertz CT molecular complexity index is 723. The van der Waals surface area contributed by atoms with Gasteiger partial charge in [-0.15, -0.1) is 0 Å². The molecule has 0 aliphatic carbocycles. The summed E-state index contributed by atoms with van der Waals surface area (Å²) in [6, 6.07) is 7.62. The van der Waals surface area contributed by atoms with Gasteiger partial charge in [0.15, 0.2) is 0 Å². The van der Waals surface area contributed by atoms with E-state index in [2.05, 4.69) is 25.7 Å². The molecule has 0 amide bonds. The number of hydrogen-bond donors (Lipinski definition) is 4. The number of ether oxygens (including phenoxy) is 1. The molecule has 7 nitrogen and oxygen atoms in total. The fraction of sp³-hybridized carbons (Fsp3) is 0.333. The summed E-state index contributed by atoms with van der Waals surface area (Å²) in [7, 11) is 0. The van der Waals surface area contributed by atoms with Gasteiger partial charge >= 0.3 is 0 Å². The number of nitrogens with one attached hydrogen (secondary N) is 3. The number of aliphatic hydroxyl groups is 1. The van der Waals surface area contributed by atoms with Gasteiger partial charge < -0.3 is 15.2 Å². The van der Waals surface area contributed by atoms with E-state index in [1.54, 1.807) is 6.20 Å². The lowest BCUT2D eigenvalue weighted by atomic mass is 10.2. The van der Waals surface area contributed by atoms with Crippen molar-refractivity contribution >= 4 is 10.9 Å². The molecule has 0 saturated carbocycles. The molecule has 0 aliphatic heterocycles. The maximum absolute atomic E-state index is 9.99. The van der Waals surface area contributed by atoms with Crippen molar-refractivity contribution in [1.29, 1.82) is 0 Å². The van der Waals surface area contributed by atoms with Crippen LogP contribution in [0.5, 0.6) is 5.75 Å². The van der Waals surface area contributed by atoms with Crippen LogP contribution in [0.3, 0.4) is 0 Å². The number of aliphatic hydroxyl groups excluding tert-OH is 1. The van der Waals surface area contributed by atoms with Crippen LogP contribution in [-0.2, 0) is 6.54 Å². The molecule has 0 fully saturated rings. The molecule has 116 valence electrons. The van der Waals surface area contributed by atoms with Crippen molar-refractivity contribution in [3.63, 3.8) is 0 Å². The fourth-order valence-corrected chi connectivity index (χ4v) is 2.32. The van der Waals surface area contributed by atoms with E-state index < -0.39 is 6.10 Å². The highest BCUT2D eigenvalue weighted by atomic mass is 16.5. The molecular weight excluding hydrogens is 282 g/mol. The lowest BCUT2D eigenvalue weighted by Crippen LogP contribution is -2.31. The first kappa shape index (κ1) is 14.6. The Morgan fingerprint density at radius 3 is 3.05 bits per heavy atom. The van der Waals surface area contributed by atoms with Crippen LogP contribution in [0, 0.1) is 6.92 Å². The Morgan fingerprint density at radius 2 is 2.23 bits per heavy atom. The number of aromatic nitrogens is 4.